The molecule has 2 heterocycles. The fraction of sp³-hybridized carbons (Fsp3) is 0.280. The SMILES string of the molecule is COC(=O)c1c(NC(=O)CN(c2ccccc2Cl)S(=O)(=O)c2ccc(C)cc2)sc2c1CCN(C)C2. The third-order valence-electron chi connectivity index (χ3n) is 5.91. The Morgan fingerprint density at radius 2 is 1.86 bits per heavy atom. The number of esters is 1. The fourth-order valence-corrected chi connectivity index (χ4v) is 7.08. The fourth-order valence-electron chi connectivity index (χ4n) is 4.02. The second-order valence-corrected chi connectivity index (χ2v) is 11.9. The van der Waals surface area contributed by atoms with Crippen molar-refractivity contribution >= 4 is 55.5 Å². The van der Waals surface area contributed by atoms with E-state index in [0.29, 0.717) is 23.5 Å². The van der Waals surface area contributed by atoms with Gasteiger partial charge in [0.15, 0.2) is 0 Å². The Labute approximate surface area is 219 Å². The number of hydrogen-bond acceptors (Lipinski definition) is 7. The van der Waals surface area contributed by atoms with Crippen LogP contribution in [0.15, 0.2) is 53.4 Å². The van der Waals surface area contributed by atoms with Gasteiger partial charge in [0.2, 0.25) is 5.91 Å². The van der Waals surface area contributed by atoms with E-state index in [1.165, 1.54) is 30.6 Å². The molecule has 1 N–H and O–H groups in total. The Morgan fingerprint density at radius 1 is 1.17 bits per heavy atom. The number of sulfonamides is 1. The van der Waals surface area contributed by atoms with Gasteiger partial charge < -0.3 is 15.0 Å². The number of amides is 1. The van der Waals surface area contributed by atoms with E-state index in [0.717, 1.165) is 26.9 Å². The Balaban J connectivity index is 1.69. The molecular formula is C25H26ClN3O5S2. The zero-order valence-electron chi connectivity index (χ0n) is 20.1. The molecule has 0 bridgehead atoms. The van der Waals surface area contributed by atoms with Crippen molar-refractivity contribution in [3.05, 3.63) is 75.1 Å². The zero-order valence-corrected chi connectivity index (χ0v) is 22.5. The number of aryl methyl sites for hydroxylation is 1. The molecule has 0 atom stereocenters. The summed E-state index contributed by atoms with van der Waals surface area (Å²) in [5.41, 5.74) is 2.26. The number of methoxy groups -OCH3 is 1. The lowest BCUT2D eigenvalue weighted by Crippen LogP contribution is -2.38. The van der Waals surface area contributed by atoms with Crippen LogP contribution in [0.3, 0.4) is 0 Å². The van der Waals surface area contributed by atoms with E-state index in [9.17, 15) is 18.0 Å². The van der Waals surface area contributed by atoms with Crippen molar-refractivity contribution in [3.63, 3.8) is 0 Å². The van der Waals surface area contributed by atoms with Crippen molar-refractivity contribution in [3.8, 4) is 0 Å². The summed E-state index contributed by atoms with van der Waals surface area (Å²) in [6.45, 7) is 2.74. The second-order valence-electron chi connectivity index (χ2n) is 8.51. The number of para-hydroxylation sites is 1. The number of carbonyl (C=O) groups excluding carboxylic acids is 2. The maximum Gasteiger partial charge on any atom is 0.341 e. The Bertz CT molecular complexity index is 1400. The summed E-state index contributed by atoms with van der Waals surface area (Å²) >= 11 is 7.65. The van der Waals surface area contributed by atoms with Gasteiger partial charge in [-0.1, -0.05) is 41.4 Å². The molecule has 0 saturated carbocycles. The lowest BCUT2D eigenvalue weighted by molar-refractivity contribution is -0.114. The van der Waals surface area contributed by atoms with Crippen molar-refractivity contribution in [2.24, 2.45) is 0 Å². The number of halogens is 1. The van der Waals surface area contributed by atoms with Gasteiger partial charge in [-0.2, -0.15) is 0 Å². The summed E-state index contributed by atoms with van der Waals surface area (Å²) in [6.07, 6.45) is 0.649. The van der Waals surface area contributed by atoms with Crippen LogP contribution >= 0.6 is 22.9 Å². The highest BCUT2D eigenvalue weighted by molar-refractivity contribution is 7.92. The number of nitrogens with zero attached hydrogens (tertiary/aromatic N) is 2. The Hall–Kier alpha value is -2.92. The Kier molecular flexibility index (Phi) is 7.70. The summed E-state index contributed by atoms with van der Waals surface area (Å²) < 4.78 is 33.2. The lowest BCUT2D eigenvalue weighted by Gasteiger charge is -2.25. The number of anilines is 2. The molecule has 4 rings (SSSR count). The number of rotatable bonds is 7. The van der Waals surface area contributed by atoms with Gasteiger partial charge in [0.25, 0.3) is 10.0 Å². The minimum absolute atomic E-state index is 0.0331. The molecule has 3 aromatic rings. The number of hydrogen-bond donors (Lipinski definition) is 1. The summed E-state index contributed by atoms with van der Waals surface area (Å²) in [5, 5.41) is 3.29. The Morgan fingerprint density at radius 3 is 2.53 bits per heavy atom. The first kappa shape index (κ1) is 26.2. The van der Waals surface area contributed by atoms with E-state index in [1.54, 1.807) is 36.4 Å². The number of thiophene rings is 1. The first-order chi connectivity index (χ1) is 17.1. The molecule has 1 aromatic heterocycles. The smallest absolute Gasteiger partial charge is 0.341 e. The maximum atomic E-state index is 13.6. The van der Waals surface area contributed by atoms with Crippen LogP contribution in [0.2, 0.25) is 5.02 Å². The molecule has 36 heavy (non-hydrogen) atoms. The highest BCUT2D eigenvalue weighted by atomic mass is 35.5. The molecule has 190 valence electrons. The van der Waals surface area contributed by atoms with Gasteiger partial charge >= 0.3 is 5.97 Å². The molecular weight excluding hydrogens is 522 g/mol. The highest BCUT2D eigenvalue weighted by Crippen LogP contribution is 2.37. The molecule has 8 nitrogen and oxygen atoms in total. The minimum atomic E-state index is -4.13. The number of nitrogens with one attached hydrogen (secondary N) is 1. The van der Waals surface area contributed by atoms with Gasteiger partial charge in [0, 0.05) is 18.0 Å². The van der Waals surface area contributed by atoms with E-state index in [4.69, 9.17) is 16.3 Å². The van der Waals surface area contributed by atoms with E-state index < -0.39 is 28.4 Å². The van der Waals surface area contributed by atoms with E-state index in [2.05, 4.69) is 10.2 Å². The third kappa shape index (κ3) is 5.27. The van der Waals surface area contributed by atoms with Crippen LogP contribution in [0.25, 0.3) is 0 Å². The van der Waals surface area contributed by atoms with E-state index in [-0.39, 0.29) is 15.6 Å². The largest absolute Gasteiger partial charge is 0.465 e. The molecule has 0 radical (unpaired) electrons. The van der Waals surface area contributed by atoms with Crippen molar-refractivity contribution in [2.75, 3.05) is 36.9 Å². The van der Waals surface area contributed by atoms with Crippen LogP contribution in [0.4, 0.5) is 10.7 Å². The van der Waals surface area contributed by atoms with Gasteiger partial charge in [0.05, 0.1) is 28.3 Å². The van der Waals surface area contributed by atoms with Gasteiger partial charge in [-0.15, -0.1) is 11.3 Å². The topological polar surface area (TPSA) is 96.0 Å². The first-order valence-electron chi connectivity index (χ1n) is 11.2. The average Bonchev–Trinajstić information content (AvgIpc) is 3.19. The monoisotopic (exact) mass is 547 g/mol. The summed E-state index contributed by atoms with van der Waals surface area (Å²) in [5.74, 6) is -1.15. The molecule has 0 unspecified atom stereocenters. The third-order valence-corrected chi connectivity index (χ3v) is 9.13. The van der Waals surface area contributed by atoms with Crippen LogP contribution in [-0.4, -0.2) is 52.4 Å². The van der Waals surface area contributed by atoms with Gasteiger partial charge in [-0.3, -0.25) is 9.10 Å². The number of likely N-dealkylation sites (N-methyl/N-ethyl adjacent to an activating group) is 1. The van der Waals surface area contributed by atoms with Crippen molar-refractivity contribution in [1.82, 2.24) is 4.90 Å². The normalized spacial score (nSPS) is 13.7. The first-order valence-corrected chi connectivity index (χ1v) is 13.8. The second kappa shape index (κ2) is 10.6. The van der Waals surface area contributed by atoms with Crippen LogP contribution < -0.4 is 9.62 Å². The number of ether oxygens (including phenoxy) is 1. The number of carbonyl (C=O) groups is 2. The molecule has 0 aliphatic carbocycles. The molecule has 11 heteroatoms. The molecule has 2 aromatic carbocycles. The highest BCUT2D eigenvalue weighted by Gasteiger charge is 2.31. The predicted octanol–water partition coefficient (Wildman–Crippen LogP) is 4.32. The van der Waals surface area contributed by atoms with E-state index in [1.807, 2.05) is 14.0 Å². The molecule has 0 spiro atoms. The maximum absolute atomic E-state index is 13.6. The zero-order chi connectivity index (χ0) is 26.0. The summed E-state index contributed by atoms with van der Waals surface area (Å²) in [7, 11) is -0.854. The van der Waals surface area contributed by atoms with Crippen molar-refractivity contribution < 1.29 is 22.7 Å². The number of benzene rings is 2. The lowest BCUT2D eigenvalue weighted by atomic mass is 10.0. The summed E-state index contributed by atoms with van der Waals surface area (Å²) in [6, 6.07) is 12.8. The summed E-state index contributed by atoms with van der Waals surface area (Å²) in [4.78, 5) is 29.0. The number of fused-ring (bicyclic) bond motifs is 1. The average molecular weight is 548 g/mol. The molecule has 0 fully saturated rings. The van der Waals surface area contributed by atoms with Crippen LogP contribution in [0, 0.1) is 6.92 Å². The van der Waals surface area contributed by atoms with Crippen molar-refractivity contribution in [1.29, 1.82) is 0 Å². The molecule has 1 aliphatic rings. The van der Waals surface area contributed by atoms with Gasteiger partial charge in [0.1, 0.15) is 11.5 Å². The van der Waals surface area contributed by atoms with Crippen LogP contribution in [0.5, 0.6) is 0 Å². The van der Waals surface area contributed by atoms with E-state index >= 15 is 0 Å². The van der Waals surface area contributed by atoms with Crippen LogP contribution in [-0.2, 0) is 32.5 Å². The molecule has 0 saturated heterocycles. The molecule has 1 amide bonds. The minimum Gasteiger partial charge on any atom is -0.465 e. The van der Waals surface area contributed by atoms with Gasteiger partial charge in [-0.05, 0) is 50.2 Å². The molecule has 1 aliphatic heterocycles. The standard InChI is InChI=1S/C25H26ClN3O5S2/c1-16-8-10-17(11-9-16)36(32,33)29(20-7-5-4-6-19(20)26)15-22(30)27-24-23(25(31)34-3)18-12-13-28(2)14-21(18)35-24/h4-11H,12-15H2,1-3H3,(H,27,30). The van der Waals surface area contributed by atoms with Crippen molar-refractivity contribution in [2.45, 2.75) is 24.8 Å². The predicted molar refractivity (Wildman–Crippen MR) is 141 cm³/mol. The quantitative estimate of drug-likeness (QED) is 0.443. The van der Waals surface area contributed by atoms with Gasteiger partial charge in [-0.25, -0.2) is 13.2 Å². The van der Waals surface area contributed by atoms with Crippen LogP contribution in [0.1, 0.15) is 26.4 Å².